The van der Waals surface area contributed by atoms with Gasteiger partial charge in [0.15, 0.2) is 0 Å². The summed E-state index contributed by atoms with van der Waals surface area (Å²) in [6.07, 6.45) is 2.13. The fourth-order valence-corrected chi connectivity index (χ4v) is 0.910. The molecule has 0 aromatic rings. The van der Waals surface area contributed by atoms with Gasteiger partial charge >= 0.3 is 0 Å². The Hall–Kier alpha value is 0.250. The van der Waals surface area contributed by atoms with Crippen molar-refractivity contribution in [3.63, 3.8) is 0 Å². The molecule has 62 valence electrons. The fraction of sp³-hybridized carbons (Fsp3) is 1.00. The van der Waals surface area contributed by atoms with Gasteiger partial charge in [0, 0.05) is 19.1 Å². The van der Waals surface area contributed by atoms with E-state index in [-0.39, 0.29) is 0 Å². The molecule has 1 unspecified atom stereocenters. The van der Waals surface area contributed by atoms with Crippen molar-refractivity contribution in [3.05, 3.63) is 0 Å². The molecule has 0 heterocycles. The Morgan fingerprint density at radius 3 is 2.40 bits per heavy atom. The van der Waals surface area contributed by atoms with E-state index in [1.807, 2.05) is 0 Å². The molecule has 0 spiro atoms. The number of halogens is 1. The second-order valence-corrected chi connectivity index (χ2v) is 3.46. The first-order valence-electron chi connectivity index (χ1n) is 3.81. The van der Waals surface area contributed by atoms with Crippen molar-refractivity contribution in [2.24, 2.45) is 5.92 Å². The average Bonchev–Trinajstić information content (AvgIpc) is 1.88. The molecular weight excluding hydrogens is 148 g/mol. The van der Waals surface area contributed by atoms with E-state index in [1.54, 1.807) is 7.11 Å². The number of alkyl halides is 1. The van der Waals surface area contributed by atoms with Gasteiger partial charge in [0.2, 0.25) is 0 Å². The van der Waals surface area contributed by atoms with Crippen LogP contribution in [0.15, 0.2) is 0 Å². The number of rotatable bonds is 5. The number of hydrogen-bond donors (Lipinski definition) is 0. The molecule has 0 aromatic heterocycles. The van der Waals surface area contributed by atoms with Gasteiger partial charge in [-0.15, -0.1) is 11.6 Å². The summed E-state index contributed by atoms with van der Waals surface area (Å²) in [5.41, 5.74) is 0. The lowest BCUT2D eigenvalue weighted by Gasteiger charge is -2.11. The Balaban J connectivity index is 3.13. The Bertz CT molecular complexity index is 73.7. The van der Waals surface area contributed by atoms with Crippen molar-refractivity contribution in [1.29, 1.82) is 0 Å². The highest BCUT2D eigenvalue weighted by Crippen LogP contribution is 2.14. The zero-order valence-corrected chi connectivity index (χ0v) is 7.82. The predicted molar refractivity (Wildman–Crippen MR) is 45.6 cm³/mol. The van der Waals surface area contributed by atoms with Crippen LogP contribution in [0.5, 0.6) is 0 Å². The van der Waals surface area contributed by atoms with Crippen molar-refractivity contribution >= 4 is 11.6 Å². The van der Waals surface area contributed by atoms with Gasteiger partial charge in [-0.2, -0.15) is 0 Å². The molecule has 0 radical (unpaired) electrons. The molecule has 0 N–H and O–H groups in total. The van der Waals surface area contributed by atoms with Crippen LogP contribution in [0.1, 0.15) is 26.7 Å². The summed E-state index contributed by atoms with van der Waals surface area (Å²) >= 11 is 6.00. The van der Waals surface area contributed by atoms with Crippen molar-refractivity contribution in [2.45, 2.75) is 32.1 Å². The van der Waals surface area contributed by atoms with Crippen molar-refractivity contribution in [3.8, 4) is 0 Å². The summed E-state index contributed by atoms with van der Waals surface area (Å²) in [5.74, 6) is 0.582. The first-order valence-corrected chi connectivity index (χ1v) is 4.25. The molecule has 0 amide bonds. The van der Waals surface area contributed by atoms with Crippen molar-refractivity contribution in [1.82, 2.24) is 0 Å². The molecule has 0 aliphatic carbocycles. The molecule has 0 rings (SSSR count). The zero-order chi connectivity index (χ0) is 7.98. The second kappa shape index (κ2) is 5.99. The summed E-state index contributed by atoms with van der Waals surface area (Å²) in [6, 6.07) is 0. The Kier molecular flexibility index (Phi) is 6.14. The van der Waals surface area contributed by atoms with Gasteiger partial charge in [-0.05, 0) is 18.8 Å². The van der Waals surface area contributed by atoms with E-state index in [2.05, 4.69) is 13.8 Å². The lowest BCUT2D eigenvalue weighted by molar-refractivity contribution is 0.191. The third-order valence-electron chi connectivity index (χ3n) is 1.55. The Morgan fingerprint density at radius 1 is 1.40 bits per heavy atom. The van der Waals surface area contributed by atoms with Gasteiger partial charge in [0.1, 0.15) is 0 Å². The maximum absolute atomic E-state index is 6.00. The summed E-state index contributed by atoms with van der Waals surface area (Å²) in [7, 11) is 1.72. The van der Waals surface area contributed by atoms with Crippen LogP contribution in [0.3, 0.4) is 0 Å². The minimum atomic E-state index is 0.315. The van der Waals surface area contributed by atoms with Crippen molar-refractivity contribution in [2.75, 3.05) is 13.7 Å². The van der Waals surface area contributed by atoms with Crippen LogP contribution < -0.4 is 0 Å². The van der Waals surface area contributed by atoms with Gasteiger partial charge in [-0.1, -0.05) is 13.8 Å². The van der Waals surface area contributed by atoms with Crippen molar-refractivity contribution < 1.29 is 4.74 Å². The summed E-state index contributed by atoms with van der Waals surface area (Å²) < 4.78 is 4.91. The number of hydrogen-bond acceptors (Lipinski definition) is 1. The number of methoxy groups -OCH3 is 1. The van der Waals surface area contributed by atoms with Gasteiger partial charge in [-0.25, -0.2) is 0 Å². The molecule has 0 bridgehead atoms. The summed E-state index contributed by atoms with van der Waals surface area (Å²) in [4.78, 5) is 0. The van der Waals surface area contributed by atoms with Crippen LogP contribution in [0.2, 0.25) is 0 Å². The van der Waals surface area contributed by atoms with Crippen LogP contribution in [0.4, 0.5) is 0 Å². The molecule has 0 fully saturated rings. The van der Waals surface area contributed by atoms with E-state index < -0.39 is 0 Å². The predicted octanol–water partition coefficient (Wildman–Crippen LogP) is 2.68. The molecule has 0 aliphatic heterocycles. The molecule has 0 saturated heterocycles. The van der Waals surface area contributed by atoms with E-state index in [4.69, 9.17) is 16.3 Å². The van der Waals surface area contributed by atoms with Crippen LogP contribution in [0.25, 0.3) is 0 Å². The Morgan fingerprint density at radius 2 is 2.00 bits per heavy atom. The van der Waals surface area contributed by atoms with Gasteiger partial charge in [0.05, 0.1) is 0 Å². The summed E-state index contributed by atoms with van der Waals surface area (Å²) in [6.45, 7) is 5.12. The van der Waals surface area contributed by atoms with E-state index in [9.17, 15) is 0 Å². The van der Waals surface area contributed by atoms with Gasteiger partial charge in [0.25, 0.3) is 0 Å². The smallest absolute Gasteiger partial charge is 0.0462 e. The second-order valence-electron chi connectivity index (χ2n) is 2.90. The molecule has 0 saturated carbocycles. The molecule has 1 atom stereocenters. The average molecular weight is 165 g/mol. The van der Waals surface area contributed by atoms with Crippen LogP contribution in [0, 0.1) is 5.92 Å². The quantitative estimate of drug-likeness (QED) is 0.449. The maximum Gasteiger partial charge on any atom is 0.0462 e. The topological polar surface area (TPSA) is 9.23 Å². The minimum absolute atomic E-state index is 0.315. The van der Waals surface area contributed by atoms with E-state index in [0.717, 1.165) is 19.4 Å². The van der Waals surface area contributed by atoms with E-state index in [0.29, 0.717) is 11.3 Å². The largest absolute Gasteiger partial charge is 0.385 e. The van der Waals surface area contributed by atoms with Gasteiger partial charge < -0.3 is 4.74 Å². The molecule has 1 nitrogen and oxygen atoms in total. The lowest BCUT2D eigenvalue weighted by Crippen LogP contribution is -2.08. The highest BCUT2D eigenvalue weighted by Gasteiger charge is 2.07. The third kappa shape index (κ3) is 5.07. The van der Waals surface area contributed by atoms with E-state index in [1.165, 1.54) is 0 Å². The first-order chi connectivity index (χ1) is 4.68. The normalized spacial score (nSPS) is 14.1. The first kappa shape index (κ1) is 10.2. The summed E-state index contributed by atoms with van der Waals surface area (Å²) in [5, 5.41) is 0.315. The highest BCUT2D eigenvalue weighted by molar-refractivity contribution is 6.20. The molecule has 0 aliphatic rings. The van der Waals surface area contributed by atoms with Gasteiger partial charge in [-0.3, -0.25) is 0 Å². The minimum Gasteiger partial charge on any atom is -0.385 e. The monoisotopic (exact) mass is 164 g/mol. The third-order valence-corrected chi connectivity index (χ3v) is 2.27. The molecule has 10 heavy (non-hydrogen) atoms. The van der Waals surface area contributed by atoms with E-state index >= 15 is 0 Å². The molecule has 0 aromatic carbocycles. The van der Waals surface area contributed by atoms with Crippen LogP contribution >= 0.6 is 11.6 Å². The van der Waals surface area contributed by atoms with Crippen LogP contribution in [-0.2, 0) is 4.74 Å². The maximum atomic E-state index is 6.00. The SMILES string of the molecule is COCCCC(Cl)C(C)C. The molecule has 2 heteroatoms. The fourth-order valence-electron chi connectivity index (χ4n) is 0.756. The lowest BCUT2D eigenvalue weighted by atomic mass is 10.1. The zero-order valence-electron chi connectivity index (χ0n) is 7.06. The van der Waals surface area contributed by atoms with Crippen LogP contribution in [-0.4, -0.2) is 19.1 Å². The standard InChI is InChI=1S/C8H17ClO/c1-7(2)8(9)5-4-6-10-3/h7-8H,4-6H2,1-3H3. The highest BCUT2D eigenvalue weighted by atomic mass is 35.5. The number of ether oxygens (including phenoxy) is 1. The Labute approximate surface area is 68.7 Å². The molecular formula is C8H17ClO.